The van der Waals surface area contributed by atoms with Crippen LogP contribution in [-0.4, -0.2) is 42.9 Å². The number of hydrogen-bond acceptors (Lipinski definition) is 3. The molecule has 0 aromatic heterocycles. The molecule has 0 aliphatic carbocycles. The lowest BCUT2D eigenvalue weighted by Crippen LogP contribution is -2.46. The second kappa shape index (κ2) is 6.45. The first kappa shape index (κ1) is 14.9. The van der Waals surface area contributed by atoms with Gasteiger partial charge < -0.3 is 9.80 Å². The molecular weight excluding hydrogens is 288 g/mol. The molecule has 0 spiro atoms. The number of fused-ring (bicyclic) bond motifs is 3. The number of unbranched alkanes of at least 4 members (excludes halogenated alkanes) is 2. The van der Waals surface area contributed by atoms with Gasteiger partial charge in [-0.25, -0.2) is 0 Å². The van der Waals surface area contributed by atoms with Crippen molar-refractivity contribution in [1.82, 2.24) is 4.90 Å². The Kier molecular flexibility index (Phi) is 4.36. The molecule has 3 heteroatoms. The van der Waals surface area contributed by atoms with Gasteiger partial charge in [0.25, 0.3) is 0 Å². The number of thioether (sulfide) groups is 1. The third-order valence-electron chi connectivity index (χ3n) is 5.66. The van der Waals surface area contributed by atoms with Crippen molar-refractivity contribution in [1.29, 1.82) is 0 Å². The topological polar surface area (TPSA) is 6.48 Å². The normalized spacial score (nSPS) is 27.4. The molecule has 22 heavy (non-hydrogen) atoms. The molecule has 0 radical (unpaired) electrons. The van der Waals surface area contributed by atoms with E-state index in [0.717, 1.165) is 12.0 Å². The van der Waals surface area contributed by atoms with Gasteiger partial charge in [0.05, 0.1) is 5.69 Å². The van der Waals surface area contributed by atoms with Gasteiger partial charge in [-0.2, -0.15) is 0 Å². The van der Waals surface area contributed by atoms with Crippen molar-refractivity contribution >= 4 is 17.4 Å². The number of rotatable bonds is 4. The molecule has 4 rings (SSSR count). The molecule has 2 unspecified atom stereocenters. The third kappa shape index (κ3) is 2.56. The fraction of sp³-hybridized carbons (Fsp3) is 0.684. The molecule has 1 aromatic rings. The second-order valence-corrected chi connectivity index (χ2v) is 8.20. The van der Waals surface area contributed by atoms with Gasteiger partial charge in [-0.3, -0.25) is 0 Å². The lowest BCUT2D eigenvalue weighted by Gasteiger charge is -2.39. The highest BCUT2D eigenvalue weighted by molar-refractivity contribution is 7.99. The van der Waals surface area contributed by atoms with Crippen LogP contribution >= 0.6 is 11.8 Å². The van der Waals surface area contributed by atoms with Crippen molar-refractivity contribution in [2.75, 3.05) is 36.8 Å². The summed E-state index contributed by atoms with van der Waals surface area (Å²) in [4.78, 5) is 7.05. The predicted octanol–water partition coefficient (Wildman–Crippen LogP) is 4.35. The van der Waals surface area contributed by atoms with Crippen molar-refractivity contribution in [2.45, 2.75) is 55.9 Å². The van der Waals surface area contributed by atoms with Gasteiger partial charge in [0.1, 0.15) is 0 Å². The lowest BCUT2D eigenvalue weighted by molar-refractivity contribution is 0.190. The monoisotopic (exact) mass is 316 g/mol. The average Bonchev–Trinajstić information content (AvgIpc) is 2.71. The highest BCUT2D eigenvalue weighted by atomic mass is 32.2. The zero-order chi connectivity index (χ0) is 14.9. The maximum absolute atomic E-state index is 2.78. The van der Waals surface area contributed by atoms with Crippen LogP contribution in [-0.2, 0) is 0 Å². The SMILES string of the molecule is CCCCCN1CCC2C(C1)c1cccc3c1N2CCCS3. The second-order valence-electron chi connectivity index (χ2n) is 7.06. The number of para-hydroxylation sites is 1. The number of anilines is 1. The molecule has 3 aliphatic rings. The molecule has 1 aromatic carbocycles. The van der Waals surface area contributed by atoms with Crippen molar-refractivity contribution < 1.29 is 0 Å². The summed E-state index contributed by atoms with van der Waals surface area (Å²) in [6.07, 6.45) is 6.78. The first-order valence-corrected chi connectivity index (χ1v) is 10.1. The van der Waals surface area contributed by atoms with Gasteiger partial charge in [-0.1, -0.05) is 31.9 Å². The van der Waals surface area contributed by atoms with Crippen LogP contribution in [0.15, 0.2) is 23.1 Å². The summed E-state index contributed by atoms with van der Waals surface area (Å²) in [6, 6.07) is 7.83. The van der Waals surface area contributed by atoms with Crippen molar-refractivity contribution in [3.63, 3.8) is 0 Å². The van der Waals surface area contributed by atoms with Gasteiger partial charge in [0.15, 0.2) is 0 Å². The molecule has 3 heterocycles. The fourth-order valence-electron chi connectivity index (χ4n) is 4.60. The Morgan fingerprint density at radius 2 is 2.18 bits per heavy atom. The highest BCUT2D eigenvalue weighted by Gasteiger charge is 2.42. The van der Waals surface area contributed by atoms with E-state index >= 15 is 0 Å². The Labute approximate surface area is 139 Å². The Morgan fingerprint density at radius 3 is 3.09 bits per heavy atom. The molecule has 3 aliphatic heterocycles. The van der Waals surface area contributed by atoms with Gasteiger partial charge in [0, 0.05) is 36.5 Å². The van der Waals surface area contributed by atoms with Crippen LogP contribution in [0.5, 0.6) is 0 Å². The van der Waals surface area contributed by atoms with E-state index in [1.807, 2.05) is 0 Å². The van der Waals surface area contributed by atoms with Crippen LogP contribution in [0, 0.1) is 0 Å². The minimum absolute atomic E-state index is 0.754. The lowest BCUT2D eigenvalue weighted by atomic mass is 9.89. The molecule has 2 nitrogen and oxygen atoms in total. The predicted molar refractivity (Wildman–Crippen MR) is 96.2 cm³/mol. The minimum atomic E-state index is 0.754. The zero-order valence-corrected chi connectivity index (χ0v) is 14.6. The molecule has 0 bridgehead atoms. The van der Waals surface area contributed by atoms with E-state index in [2.05, 4.69) is 46.7 Å². The molecule has 0 amide bonds. The number of likely N-dealkylation sites (tertiary alicyclic amines) is 1. The van der Waals surface area contributed by atoms with E-state index in [4.69, 9.17) is 0 Å². The largest absolute Gasteiger partial charge is 0.367 e. The van der Waals surface area contributed by atoms with E-state index in [1.54, 1.807) is 16.1 Å². The van der Waals surface area contributed by atoms with E-state index in [-0.39, 0.29) is 0 Å². The number of hydrogen-bond donors (Lipinski definition) is 0. The Morgan fingerprint density at radius 1 is 1.23 bits per heavy atom. The molecular formula is C19H28N2S. The first-order chi connectivity index (χ1) is 10.9. The van der Waals surface area contributed by atoms with Crippen LogP contribution in [0.2, 0.25) is 0 Å². The number of piperidine rings is 1. The third-order valence-corrected chi connectivity index (χ3v) is 6.79. The van der Waals surface area contributed by atoms with E-state index < -0.39 is 0 Å². The number of nitrogens with zero attached hydrogens (tertiary/aromatic N) is 2. The van der Waals surface area contributed by atoms with Crippen LogP contribution in [0.1, 0.15) is 50.5 Å². The minimum Gasteiger partial charge on any atom is -0.367 e. The van der Waals surface area contributed by atoms with Crippen molar-refractivity contribution in [3.05, 3.63) is 23.8 Å². The quantitative estimate of drug-likeness (QED) is 0.763. The van der Waals surface area contributed by atoms with Crippen LogP contribution in [0.3, 0.4) is 0 Å². The Balaban J connectivity index is 1.57. The van der Waals surface area contributed by atoms with Gasteiger partial charge in [-0.15, -0.1) is 11.8 Å². The average molecular weight is 317 g/mol. The summed E-state index contributed by atoms with van der Waals surface area (Å²) in [5.41, 5.74) is 3.26. The summed E-state index contributed by atoms with van der Waals surface area (Å²) in [6.45, 7) is 7.47. The van der Waals surface area contributed by atoms with E-state index in [1.165, 1.54) is 64.0 Å². The van der Waals surface area contributed by atoms with Crippen molar-refractivity contribution in [3.8, 4) is 0 Å². The summed E-state index contributed by atoms with van der Waals surface area (Å²) >= 11 is 2.08. The van der Waals surface area contributed by atoms with Gasteiger partial charge in [0.2, 0.25) is 0 Å². The fourth-order valence-corrected chi connectivity index (χ4v) is 5.64. The summed E-state index contributed by atoms with van der Waals surface area (Å²) in [5, 5.41) is 0. The van der Waals surface area contributed by atoms with Crippen LogP contribution < -0.4 is 4.90 Å². The van der Waals surface area contributed by atoms with Crippen LogP contribution in [0.4, 0.5) is 5.69 Å². The Bertz CT molecular complexity index is 530. The molecule has 1 fully saturated rings. The first-order valence-electron chi connectivity index (χ1n) is 9.13. The van der Waals surface area contributed by atoms with Gasteiger partial charge >= 0.3 is 0 Å². The summed E-state index contributed by atoms with van der Waals surface area (Å²) < 4.78 is 0. The molecule has 1 saturated heterocycles. The van der Waals surface area contributed by atoms with E-state index in [0.29, 0.717) is 0 Å². The standard InChI is InChI=1S/C19H28N2S/c1-2-3-4-10-20-12-9-17-16(14-20)15-7-5-8-18-19(15)21(17)11-6-13-22-18/h5,7-8,16-17H,2-4,6,9-14H2,1H3. The molecule has 0 N–H and O–H groups in total. The Hall–Kier alpha value is -0.670. The summed E-state index contributed by atoms with van der Waals surface area (Å²) in [7, 11) is 0. The van der Waals surface area contributed by atoms with Gasteiger partial charge in [-0.05, 0) is 43.2 Å². The molecule has 120 valence electrons. The van der Waals surface area contributed by atoms with Crippen LogP contribution in [0.25, 0.3) is 0 Å². The van der Waals surface area contributed by atoms with Crippen molar-refractivity contribution in [2.24, 2.45) is 0 Å². The summed E-state index contributed by atoms with van der Waals surface area (Å²) in [5.74, 6) is 2.04. The number of benzene rings is 1. The smallest absolute Gasteiger partial charge is 0.0543 e. The molecule has 0 saturated carbocycles. The maximum Gasteiger partial charge on any atom is 0.0543 e. The maximum atomic E-state index is 2.78. The molecule has 2 atom stereocenters. The van der Waals surface area contributed by atoms with E-state index in [9.17, 15) is 0 Å². The highest BCUT2D eigenvalue weighted by Crippen LogP contribution is 2.50. The zero-order valence-electron chi connectivity index (χ0n) is 13.8.